The molecule has 0 aliphatic carbocycles. The monoisotopic (exact) mass is 252 g/mol. The van der Waals surface area contributed by atoms with Crippen LogP contribution in [0.4, 0.5) is 0 Å². The number of hydrogen-bond acceptors (Lipinski definition) is 3. The first-order valence-electron chi connectivity index (χ1n) is 6.94. The van der Waals surface area contributed by atoms with Gasteiger partial charge in [-0.3, -0.25) is 0 Å². The van der Waals surface area contributed by atoms with E-state index in [9.17, 15) is 0 Å². The summed E-state index contributed by atoms with van der Waals surface area (Å²) in [6.45, 7) is 7.52. The van der Waals surface area contributed by atoms with Crippen molar-refractivity contribution in [3.63, 3.8) is 0 Å². The Kier molecular flexibility index (Phi) is 5.35. The highest BCUT2D eigenvalue weighted by atomic mass is 15.2. The van der Waals surface area contributed by atoms with Crippen LogP contribution in [0.2, 0.25) is 0 Å². The lowest BCUT2D eigenvalue weighted by molar-refractivity contribution is 0.104. The van der Waals surface area contributed by atoms with Gasteiger partial charge in [-0.2, -0.15) is 0 Å². The van der Waals surface area contributed by atoms with Gasteiger partial charge in [-0.1, -0.05) is 13.8 Å². The van der Waals surface area contributed by atoms with Gasteiger partial charge in [0.25, 0.3) is 0 Å². The molecule has 0 spiro atoms. The SMILES string of the molecule is CCn1ccnc1CC(N)C(CC)(CC)N(C)C. The zero-order chi connectivity index (χ0) is 13.8. The molecule has 1 aromatic heterocycles. The van der Waals surface area contributed by atoms with Gasteiger partial charge in [0, 0.05) is 36.9 Å². The topological polar surface area (TPSA) is 47.1 Å². The van der Waals surface area contributed by atoms with Gasteiger partial charge in [-0.15, -0.1) is 0 Å². The van der Waals surface area contributed by atoms with Gasteiger partial charge in [-0.25, -0.2) is 4.98 Å². The molecule has 0 aromatic carbocycles. The van der Waals surface area contributed by atoms with E-state index < -0.39 is 0 Å². The normalized spacial score (nSPS) is 14.2. The number of hydrogen-bond donors (Lipinski definition) is 1. The maximum Gasteiger partial charge on any atom is 0.110 e. The van der Waals surface area contributed by atoms with E-state index in [-0.39, 0.29) is 11.6 Å². The second-order valence-electron chi connectivity index (χ2n) is 5.15. The molecule has 0 amide bonds. The van der Waals surface area contributed by atoms with Crippen LogP contribution in [0, 0.1) is 0 Å². The molecule has 1 rings (SSSR count). The molecule has 1 atom stereocenters. The van der Waals surface area contributed by atoms with Gasteiger partial charge < -0.3 is 15.2 Å². The van der Waals surface area contributed by atoms with Crippen molar-refractivity contribution in [2.24, 2.45) is 5.73 Å². The van der Waals surface area contributed by atoms with E-state index in [0.717, 1.165) is 31.6 Å². The summed E-state index contributed by atoms with van der Waals surface area (Å²) < 4.78 is 2.17. The standard InChI is InChI=1S/C14H28N4/c1-6-14(7-2,17(4)5)12(15)11-13-16-9-10-18(13)8-3/h9-10,12H,6-8,11,15H2,1-5H3. The second-order valence-corrected chi connectivity index (χ2v) is 5.15. The van der Waals surface area contributed by atoms with Gasteiger partial charge in [0.15, 0.2) is 0 Å². The minimum atomic E-state index is 0.0600. The quantitative estimate of drug-likeness (QED) is 0.806. The van der Waals surface area contributed by atoms with Crippen LogP contribution in [0.5, 0.6) is 0 Å². The van der Waals surface area contributed by atoms with Gasteiger partial charge in [-0.05, 0) is 33.9 Å². The van der Waals surface area contributed by atoms with E-state index in [2.05, 4.69) is 49.3 Å². The molecule has 0 bridgehead atoms. The van der Waals surface area contributed by atoms with Crippen molar-refractivity contribution in [3.05, 3.63) is 18.2 Å². The maximum atomic E-state index is 6.49. The smallest absolute Gasteiger partial charge is 0.110 e. The van der Waals surface area contributed by atoms with Gasteiger partial charge in [0.05, 0.1) is 0 Å². The number of nitrogens with two attached hydrogens (primary N) is 1. The third-order valence-electron chi connectivity index (χ3n) is 4.35. The Morgan fingerprint density at radius 3 is 2.39 bits per heavy atom. The number of likely N-dealkylation sites (N-methyl/N-ethyl adjacent to an activating group) is 1. The number of imidazole rings is 1. The highest BCUT2D eigenvalue weighted by Crippen LogP contribution is 2.26. The van der Waals surface area contributed by atoms with Crippen molar-refractivity contribution in [2.75, 3.05) is 14.1 Å². The molecule has 4 nitrogen and oxygen atoms in total. The Bertz CT molecular complexity index is 352. The zero-order valence-corrected chi connectivity index (χ0v) is 12.5. The van der Waals surface area contributed by atoms with Crippen LogP contribution in [0.3, 0.4) is 0 Å². The minimum absolute atomic E-state index is 0.0600. The fraction of sp³-hybridized carbons (Fsp3) is 0.786. The molecular weight excluding hydrogens is 224 g/mol. The van der Waals surface area contributed by atoms with E-state index in [1.807, 2.05) is 12.4 Å². The zero-order valence-electron chi connectivity index (χ0n) is 12.5. The molecule has 18 heavy (non-hydrogen) atoms. The highest BCUT2D eigenvalue weighted by Gasteiger charge is 2.36. The first kappa shape index (κ1) is 15.2. The average molecular weight is 252 g/mol. The van der Waals surface area contributed by atoms with Crippen LogP contribution in [-0.4, -0.2) is 40.1 Å². The highest BCUT2D eigenvalue weighted by molar-refractivity contribution is 5.03. The summed E-state index contributed by atoms with van der Waals surface area (Å²) in [7, 11) is 4.25. The third-order valence-corrected chi connectivity index (χ3v) is 4.35. The molecule has 0 saturated heterocycles. The van der Waals surface area contributed by atoms with E-state index >= 15 is 0 Å². The van der Waals surface area contributed by atoms with E-state index in [0.29, 0.717) is 0 Å². The van der Waals surface area contributed by atoms with E-state index in [1.54, 1.807) is 0 Å². The maximum absolute atomic E-state index is 6.49. The van der Waals surface area contributed by atoms with Crippen molar-refractivity contribution in [2.45, 2.75) is 58.2 Å². The summed E-state index contributed by atoms with van der Waals surface area (Å²) in [4.78, 5) is 6.71. The first-order valence-corrected chi connectivity index (χ1v) is 6.94. The summed E-state index contributed by atoms with van der Waals surface area (Å²) in [6.07, 6.45) is 6.84. The second kappa shape index (κ2) is 6.34. The molecule has 0 aliphatic rings. The molecule has 0 saturated carbocycles. The fourth-order valence-corrected chi connectivity index (χ4v) is 2.94. The predicted octanol–water partition coefficient (Wildman–Crippen LogP) is 1.89. The van der Waals surface area contributed by atoms with Crippen molar-refractivity contribution in [1.82, 2.24) is 14.5 Å². The number of rotatable bonds is 7. The molecular formula is C14H28N4. The van der Waals surface area contributed by atoms with E-state index in [4.69, 9.17) is 5.73 Å². The molecule has 1 heterocycles. The molecule has 0 aliphatic heterocycles. The van der Waals surface area contributed by atoms with Gasteiger partial charge >= 0.3 is 0 Å². The number of nitrogens with zero attached hydrogens (tertiary/aromatic N) is 3. The summed E-state index contributed by atoms with van der Waals surface area (Å²) in [5, 5.41) is 0. The average Bonchev–Trinajstić information content (AvgIpc) is 2.78. The Morgan fingerprint density at radius 1 is 1.33 bits per heavy atom. The fourth-order valence-electron chi connectivity index (χ4n) is 2.94. The van der Waals surface area contributed by atoms with Crippen LogP contribution in [0.15, 0.2) is 12.4 Å². The lowest BCUT2D eigenvalue weighted by Gasteiger charge is -2.43. The summed E-state index contributed by atoms with van der Waals surface area (Å²) >= 11 is 0. The van der Waals surface area contributed by atoms with Gasteiger partial charge in [0.1, 0.15) is 5.82 Å². The number of aromatic nitrogens is 2. The molecule has 4 heteroatoms. The van der Waals surface area contributed by atoms with Crippen molar-refractivity contribution < 1.29 is 0 Å². The largest absolute Gasteiger partial charge is 0.335 e. The molecule has 0 radical (unpaired) electrons. The van der Waals surface area contributed by atoms with Crippen LogP contribution in [0.25, 0.3) is 0 Å². The van der Waals surface area contributed by atoms with Crippen molar-refractivity contribution in [1.29, 1.82) is 0 Å². The predicted molar refractivity (Wildman–Crippen MR) is 76.6 cm³/mol. The van der Waals surface area contributed by atoms with Crippen LogP contribution in [0.1, 0.15) is 39.4 Å². The van der Waals surface area contributed by atoms with Crippen LogP contribution >= 0.6 is 0 Å². The molecule has 0 fully saturated rings. The summed E-state index contributed by atoms with van der Waals surface area (Å²) in [5.74, 6) is 1.10. The first-order chi connectivity index (χ1) is 8.51. The van der Waals surface area contributed by atoms with E-state index in [1.165, 1.54) is 0 Å². The molecule has 104 valence electrons. The number of aryl methyl sites for hydroxylation is 1. The Hall–Kier alpha value is -0.870. The van der Waals surface area contributed by atoms with Crippen LogP contribution < -0.4 is 5.73 Å². The van der Waals surface area contributed by atoms with Gasteiger partial charge in [0.2, 0.25) is 0 Å². The lowest BCUT2D eigenvalue weighted by Crippen LogP contribution is -2.57. The molecule has 2 N–H and O–H groups in total. The Balaban J connectivity index is 2.88. The van der Waals surface area contributed by atoms with Crippen molar-refractivity contribution >= 4 is 0 Å². The van der Waals surface area contributed by atoms with Crippen LogP contribution in [-0.2, 0) is 13.0 Å². The molecule has 1 aromatic rings. The Morgan fingerprint density at radius 2 is 1.94 bits per heavy atom. The summed E-state index contributed by atoms with van der Waals surface area (Å²) in [6, 6.07) is 0.107. The third kappa shape index (κ3) is 2.75. The lowest BCUT2D eigenvalue weighted by atomic mass is 9.82. The summed E-state index contributed by atoms with van der Waals surface area (Å²) in [5.41, 5.74) is 6.55. The van der Waals surface area contributed by atoms with Crippen molar-refractivity contribution in [3.8, 4) is 0 Å². The molecule has 1 unspecified atom stereocenters. The Labute approximate surface area is 111 Å². The minimum Gasteiger partial charge on any atom is -0.335 e.